The molecule has 0 saturated carbocycles. The summed E-state index contributed by atoms with van der Waals surface area (Å²) in [7, 11) is 0. The molecule has 2 heteroatoms. The van der Waals surface area contributed by atoms with E-state index in [-0.39, 0.29) is 0 Å². The van der Waals surface area contributed by atoms with Crippen LogP contribution >= 0.6 is 27.3 Å². The summed E-state index contributed by atoms with van der Waals surface area (Å²) in [4.78, 5) is 0. The van der Waals surface area contributed by atoms with Gasteiger partial charge in [0.05, 0.1) is 0 Å². The Morgan fingerprint density at radius 2 is 2.08 bits per heavy atom. The third-order valence-corrected chi connectivity index (χ3v) is 3.20. The van der Waals surface area contributed by atoms with E-state index in [0.29, 0.717) is 0 Å². The minimum absolute atomic E-state index is 1.14. The van der Waals surface area contributed by atoms with Crippen LogP contribution < -0.4 is 0 Å². The molecule has 0 atom stereocenters. The summed E-state index contributed by atoms with van der Waals surface area (Å²) < 4.78 is 1.14. The minimum Gasteiger partial charge on any atom is -0.152 e. The Labute approximate surface area is 90.4 Å². The largest absolute Gasteiger partial charge is 0.152 e. The first-order valence-corrected chi connectivity index (χ1v) is 5.79. The maximum atomic E-state index is 3.46. The Bertz CT molecular complexity index is 404. The van der Waals surface area contributed by atoms with Crippen molar-refractivity contribution in [2.24, 2.45) is 0 Å². The topological polar surface area (TPSA) is 0 Å². The summed E-state index contributed by atoms with van der Waals surface area (Å²) in [6, 6.07) is 8.54. The number of halogens is 1. The molecule has 0 fully saturated rings. The lowest BCUT2D eigenvalue weighted by Gasteiger charge is -2.03. The molecule has 66 valence electrons. The molecule has 0 bridgehead atoms. The Morgan fingerprint density at radius 1 is 1.23 bits per heavy atom. The van der Waals surface area contributed by atoms with Crippen molar-refractivity contribution in [2.45, 2.75) is 6.92 Å². The lowest BCUT2D eigenvalue weighted by molar-refractivity contribution is 1.45. The Kier molecular flexibility index (Phi) is 2.51. The van der Waals surface area contributed by atoms with Gasteiger partial charge in [-0.2, -0.15) is 11.3 Å². The minimum atomic E-state index is 1.14. The van der Waals surface area contributed by atoms with Crippen molar-refractivity contribution in [3.8, 4) is 11.1 Å². The van der Waals surface area contributed by atoms with E-state index in [9.17, 15) is 0 Å². The first-order chi connectivity index (χ1) is 6.27. The lowest BCUT2D eigenvalue weighted by Crippen LogP contribution is -1.79. The molecule has 1 heterocycles. The number of thiophene rings is 1. The van der Waals surface area contributed by atoms with Crippen LogP contribution in [0.1, 0.15) is 5.56 Å². The van der Waals surface area contributed by atoms with Crippen LogP contribution in [0.3, 0.4) is 0 Å². The average molecular weight is 253 g/mol. The Hall–Kier alpha value is -0.600. The van der Waals surface area contributed by atoms with Crippen molar-refractivity contribution in [1.82, 2.24) is 0 Å². The SMILES string of the molecule is Cc1cc(Br)ccc1-c1ccsc1. The van der Waals surface area contributed by atoms with E-state index < -0.39 is 0 Å². The van der Waals surface area contributed by atoms with Gasteiger partial charge in [-0.25, -0.2) is 0 Å². The Balaban J connectivity index is 2.53. The van der Waals surface area contributed by atoms with E-state index in [1.54, 1.807) is 11.3 Å². The maximum Gasteiger partial charge on any atom is 0.0178 e. The Morgan fingerprint density at radius 3 is 2.69 bits per heavy atom. The van der Waals surface area contributed by atoms with Crippen LogP contribution in [-0.4, -0.2) is 0 Å². The van der Waals surface area contributed by atoms with Crippen LogP contribution in [0.25, 0.3) is 11.1 Å². The van der Waals surface area contributed by atoms with Crippen molar-refractivity contribution in [3.63, 3.8) is 0 Å². The van der Waals surface area contributed by atoms with Crippen LogP contribution in [0.15, 0.2) is 39.5 Å². The van der Waals surface area contributed by atoms with Crippen molar-refractivity contribution < 1.29 is 0 Å². The summed E-state index contributed by atoms with van der Waals surface area (Å²) >= 11 is 5.20. The fraction of sp³-hybridized carbons (Fsp3) is 0.0909. The predicted molar refractivity (Wildman–Crippen MR) is 62.2 cm³/mol. The van der Waals surface area contributed by atoms with Gasteiger partial charge in [0, 0.05) is 4.47 Å². The molecule has 0 spiro atoms. The van der Waals surface area contributed by atoms with Crippen molar-refractivity contribution in [1.29, 1.82) is 0 Å². The number of hydrogen-bond donors (Lipinski definition) is 0. The highest BCUT2D eigenvalue weighted by molar-refractivity contribution is 9.10. The van der Waals surface area contributed by atoms with E-state index in [0.717, 1.165) is 4.47 Å². The van der Waals surface area contributed by atoms with Gasteiger partial charge in [0.2, 0.25) is 0 Å². The number of rotatable bonds is 1. The highest BCUT2D eigenvalue weighted by atomic mass is 79.9. The first-order valence-electron chi connectivity index (χ1n) is 4.06. The van der Waals surface area contributed by atoms with Crippen LogP contribution in [-0.2, 0) is 0 Å². The third kappa shape index (κ3) is 1.84. The zero-order valence-electron chi connectivity index (χ0n) is 7.25. The molecule has 0 N–H and O–H groups in total. The van der Waals surface area contributed by atoms with Gasteiger partial charge < -0.3 is 0 Å². The molecule has 0 amide bonds. The van der Waals surface area contributed by atoms with E-state index in [1.807, 2.05) is 0 Å². The van der Waals surface area contributed by atoms with E-state index in [4.69, 9.17) is 0 Å². The zero-order valence-corrected chi connectivity index (χ0v) is 9.65. The maximum absolute atomic E-state index is 3.46. The van der Waals surface area contributed by atoms with Crippen LogP contribution in [0.4, 0.5) is 0 Å². The highest BCUT2D eigenvalue weighted by Crippen LogP contribution is 2.27. The molecule has 0 radical (unpaired) electrons. The number of benzene rings is 1. The van der Waals surface area contributed by atoms with Crippen LogP contribution in [0.5, 0.6) is 0 Å². The lowest BCUT2D eigenvalue weighted by atomic mass is 10.0. The summed E-state index contributed by atoms with van der Waals surface area (Å²) in [6.07, 6.45) is 0. The van der Waals surface area contributed by atoms with Gasteiger partial charge in [-0.1, -0.05) is 22.0 Å². The zero-order chi connectivity index (χ0) is 9.26. The summed E-state index contributed by atoms with van der Waals surface area (Å²) in [6.45, 7) is 2.14. The molecule has 1 aromatic carbocycles. The van der Waals surface area contributed by atoms with Gasteiger partial charge in [-0.05, 0) is 52.6 Å². The van der Waals surface area contributed by atoms with E-state index in [2.05, 4.69) is 57.9 Å². The van der Waals surface area contributed by atoms with E-state index in [1.165, 1.54) is 16.7 Å². The first kappa shape index (κ1) is 8.97. The molecular weight excluding hydrogens is 244 g/mol. The number of hydrogen-bond acceptors (Lipinski definition) is 1. The monoisotopic (exact) mass is 252 g/mol. The van der Waals surface area contributed by atoms with Crippen molar-refractivity contribution in [2.75, 3.05) is 0 Å². The van der Waals surface area contributed by atoms with Crippen molar-refractivity contribution >= 4 is 27.3 Å². The molecule has 1 aromatic heterocycles. The quantitative estimate of drug-likeness (QED) is 0.702. The van der Waals surface area contributed by atoms with Gasteiger partial charge in [0.25, 0.3) is 0 Å². The molecule has 2 rings (SSSR count). The van der Waals surface area contributed by atoms with Crippen molar-refractivity contribution in [3.05, 3.63) is 45.1 Å². The molecular formula is C11H9BrS. The normalized spacial score (nSPS) is 10.3. The second-order valence-electron chi connectivity index (χ2n) is 2.97. The molecule has 0 unspecified atom stereocenters. The summed E-state index contributed by atoms with van der Waals surface area (Å²) in [5.41, 5.74) is 3.95. The third-order valence-electron chi connectivity index (χ3n) is 2.02. The van der Waals surface area contributed by atoms with Crippen LogP contribution in [0, 0.1) is 6.92 Å². The van der Waals surface area contributed by atoms with Gasteiger partial charge in [0.15, 0.2) is 0 Å². The molecule has 0 saturated heterocycles. The second-order valence-corrected chi connectivity index (χ2v) is 4.67. The van der Waals surface area contributed by atoms with E-state index >= 15 is 0 Å². The fourth-order valence-corrected chi connectivity index (χ4v) is 2.50. The second kappa shape index (κ2) is 3.64. The molecule has 0 aliphatic heterocycles. The molecule has 2 aromatic rings. The predicted octanol–water partition coefficient (Wildman–Crippen LogP) is 4.49. The molecule has 13 heavy (non-hydrogen) atoms. The molecule has 0 aliphatic rings. The number of aryl methyl sites for hydroxylation is 1. The fourth-order valence-electron chi connectivity index (χ4n) is 1.37. The van der Waals surface area contributed by atoms with Gasteiger partial charge in [-0.15, -0.1) is 0 Å². The summed E-state index contributed by atoms with van der Waals surface area (Å²) in [5.74, 6) is 0. The van der Waals surface area contributed by atoms with Gasteiger partial charge in [0.1, 0.15) is 0 Å². The van der Waals surface area contributed by atoms with Gasteiger partial charge in [-0.3, -0.25) is 0 Å². The van der Waals surface area contributed by atoms with Gasteiger partial charge >= 0.3 is 0 Å². The average Bonchev–Trinajstić information content (AvgIpc) is 2.56. The highest BCUT2D eigenvalue weighted by Gasteiger charge is 2.01. The van der Waals surface area contributed by atoms with Crippen LogP contribution in [0.2, 0.25) is 0 Å². The summed E-state index contributed by atoms with van der Waals surface area (Å²) in [5, 5.41) is 4.28. The smallest absolute Gasteiger partial charge is 0.0178 e. The standard InChI is InChI=1S/C11H9BrS/c1-8-6-10(12)2-3-11(8)9-4-5-13-7-9/h2-7H,1H3. The molecule has 0 aliphatic carbocycles. The molecule has 0 nitrogen and oxygen atoms in total.